The summed E-state index contributed by atoms with van der Waals surface area (Å²) in [6, 6.07) is 0. The zero-order valence-corrected chi connectivity index (χ0v) is 11.7. The topological polar surface area (TPSA) is 93.7 Å². The van der Waals surface area contributed by atoms with Crippen LogP contribution in [0.1, 0.15) is 12.6 Å². The van der Waals surface area contributed by atoms with Gasteiger partial charge in [0.15, 0.2) is 5.82 Å². The molecule has 0 saturated carbocycles. The minimum absolute atomic E-state index is 0.523. The number of hydrazine groups is 1. The standard InChI is InChI=1S/C10H14BrN7/c1-3-6-7(4-18(2)17-6)15-9-8(11)10(16-12)14-5-13-9/h4-5H,3,12H2,1-2H3,(H2,13,14,15,16). The second-order valence-electron chi connectivity index (χ2n) is 3.67. The number of nitrogens with one attached hydrogen (secondary N) is 2. The van der Waals surface area contributed by atoms with E-state index in [1.54, 1.807) is 4.68 Å². The lowest BCUT2D eigenvalue weighted by Crippen LogP contribution is -2.10. The van der Waals surface area contributed by atoms with Crippen LogP contribution in [0.4, 0.5) is 17.3 Å². The van der Waals surface area contributed by atoms with E-state index < -0.39 is 0 Å². The molecule has 0 aliphatic rings. The highest BCUT2D eigenvalue weighted by atomic mass is 79.9. The van der Waals surface area contributed by atoms with Crippen LogP contribution in [0.3, 0.4) is 0 Å². The SMILES string of the molecule is CCc1nn(C)cc1Nc1ncnc(NN)c1Br. The lowest BCUT2D eigenvalue weighted by Gasteiger charge is -2.09. The van der Waals surface area contributed by atoms with Gasteiger partial charge in [0.1, 0.15) is 16.6 Å². The van der Waals surface area contributed by atoms with Crippen LogP contribution >= 0.6 is 15.9 Å². The largest absolute Gasteiger partial charge is 0.336 e. The van der Waals surface area contributed by atoms with E-state index in [4.69, 9.17) is 5.84 Å². The van der Waals surface area contributed by atoms with Gasteiger partial charge in [0.05, 0.1) is 11.4 Å². The molecule has 0 aromatic carbocycles. The average molecular weight is 312 g/mol. The smallest absolute Gasteiger partial charge is 0.159 e. The fraction of sp³-hybridized carbons (Fsp3) is 0.300. The van der Waals surface area contributed by atoms with Gasteiger partial charge in [-0.05, 0) is 22.4 Å². The Morgan fingerprint density at radius 3 is 2.78 bits per heavy atom. The molecule has 0 aliphatic heterocycles. The monoisotopic (exact) mass is 311 g/mol. The fourth-order valence-corrected chi connectivity index (χ4v) is 2.00. The maximum atomic E-state index is 5.36. The van der Waals surface area contributed by atoms with E-state index in [-0.39, 0.29) is 0 Å². The molecule has 7 nitrogen and oxygen atoms in total. The summed E-state index contributed by atoms with van der Waals surface area (Å²) >= 11 is 3.39. The quantitative estimate of drug-likeness (QED) is 0.586. The Bertz CT molecular complexity index is 551. The van der Waals surface area contributed by atoms with Crippen molar-refractivity contribution in [2.45, 2.75) is 13.3 Å². The predicted octanol–water partition coefficient (Wildman–Crippen LogP) is 1.56. The van der Waals surface area contributed by atoms with E-state index in [0.29, 0.717) is 16.1 Å². The number of hydrogen-bond donors (Lipinski definition) is 3. The molecule has 0 spiro atoms. The number of nitrogens with two attached hydrogens (primary N) is 1. The molecule has 18 heavy (non-hydrogen) atoms. The van der Waals surface area contributed by atoms with Gasteiger partial charge in [-0.1, -0.05) is 6.92 Å². The average Bonchev–Trinajstić information content (AvgIpc) is 2.72. The summed E-state index contributed by atoms with van der Waals surface area (Å²) in [6.07, 6.45) is 4.18. The second kappa shape index (κ2) is 5.32. The van der Waals surface area contributed by atoms with E-state index in [0.717, 1.165) is 17.8 Å². The second-order valence-corrected chi connectivity index (χ2v) is 4.46. The minimum Gasteiger partial charge on any atom is -0.336 e. The third-order valence-electron chi connectivity index (χ3n) is 2.42. The van der Waals surface area contributed by atoms with Gasteiger partial charge >= 0.3 is 0 Å². The molecule has 0 bridgehead atoms. The summed E-state index contributed by atoms with van der Waals surface area (Å²) in [6.45, 7) is 2.05. The van der Waals surface area contributed by atoms with Crippen LogP contribution < -0.4 is 16.6 Å². The summed E-state index contributed by atoms with van der Waals surface area (Å²) in [5, 5.41) is 7.56. The molecular formula is C10H14BrN7. The minimum atomic E-state index is 0.523. The molecule has 0 atom stereocenters. The first-order valence-electron chi connectivity index (χ1n) is 5.42. The molecule has 0 aliphatic carbocycles. The molecule has 4 N–H and O–H groups in total. The molecule has 2 aromatic heterocycles. The number of anilines is 3. The van der Waals surface area contributed by atoms with Crippen LogP contribution in [0.5, 0.6) is 0 Å². The first kappa shape index (κ1) is 12.8. The van der Waals surface area contributed by atoms with Crippen molar-refractivity contribution in [2.75, 3.05) is 10.7 Å². The van der Waals surface area contributed by atoms with Crippen LogP contribution in [0.2, 0.25) is 0 Å². The van der Waals surface area contributed by atoms with Gasteiger partial charge in [-0.2, -0.15) is 5.10 Å². The van der Waals surface area contributed by atoms with E-state index in [1.807, 2.05) is 13.2 Å². The van der Waals surface area contributed by atoms with Gasteiger partial charge in [0, 0.05) is 13.2 Å². The molecule has 0 fully saturated rings. The summed E-state index contributed by atoms with van der Waals surface area (Å²) in [4.78, 5) is 8.16. The Balaban J connectivity index is 2.33. The molecule has 2 heterocycles. The summed E-state index contributed by atoms with van der Waals surface area (Å²) in [7, 11) is 1.88. The zero-order chi connectivity index (χ0) is 13.1. The number of nitrogens with zero attached hydrogens (tertiary/aromatic N) is 4. The highest BCUT2D eigenvalue weighted by Crippen LogP contribution is 2.29. The molecule has 0 radical (unpaired) electrons. The van der Waals surface area contributed by atoms with E-state index in [2.05, 4.69) is 48.7 Å². The van der Waals surface area contributed by atoms with Crippen molar-refractivity contribution in [1.82, 2.24) is 19.7 Å². The summed E-state index contributed by atoms with van der Waals surface area (Å²) < 4.78 is 2.44. The Hall–Kier alpha value is -1.67. The number of halogens is 1. The molecule has 2 aromatic rings. The van der Waals surface area contributed by atoms with Crippen LogP contribution in [0.25, 0.3) is 0 Å². The van der Waals surface area contributed by atoms with E-state index >= 15 is 0 Å². The van der Waals surface area contributed by atoms with Gasteiger partial charge < -0.3 is 10.7 Å². The highest BCUT2D eigenvalue weighted by Gasteiger charge is 2.11. The molecule has 2 rings (SSSR count). The van der Waals surface area contributed by atoms with E-state index in [9.17, 15) is 0 Å². The number of aromatic nitrogens is 4. The molecule has 0 unspecified atom stereocenters. The van der Waals surface area contributed by atoms with Crippen molar-refractivity contribution in [2.24, 2.45) is 12.9 Å². The number of rotatable bonds is 4. The lowest BCUT2D eigenvalue weighted by molar-refractivity contribution is 0.746. The molecule has 96 valence electrons. The van der Waals surface area contributed by atoms with Crippen molar-refractivity contribution in [3.05, 3.63) is 22.7 Å². The number of nitrogen functional groups attached to an aromatic ring is 1. The van der Waals surface area contributed by atoms with Crippen molar-refractivity contribution >= 4 is 33.3 Å². The van der Waals surface area contributed by atoms with Crippen LogP contribution in [0, 0.1) is 0 Å². The van der Waals surface area contributed by atoms with Gasteiger partial charge in [-0.15, -0.1) is 0 Å². The third-order valence-corrected chi connectivity index (χ3v) is 3.17. The van der Waals surface area contributed by atoms with Gasteiger partial charge in [0.25, 0.3) is 0 Å². The number of aryl methyl sites for hydroxylation is 2. The molecular weight excluding hydrogens is 298 g/mol. The Morgan fingerprint density at radius 1 is 1.39 bits per heavy atom. The Morgan fingerprint density at radius 2 is 2.11 bits per heavy atom. The van der Waals surface area contributed by atoms with Crippen molar-refractivity contribution in [1.29, 1.82) is 0 Å². The van der Waals surface area contributed by atoms with Gasteiger partial charge in [-0.25, -0.2) is 15.8 Å². The Labute approximate surface area is 113 Å². The fourth-order valence-electron chi connectivity index (χ4n) is 1.59. The van der Waals surface area contributed by atoms with Gasteiger partial charge in [0.2, 0.25) is 0 Å². The van der Waals surface area contributed by atoms with Gasteiger partial charge in [-0.3, -0.25) is 4.68 Å². The van der Waals surface area contributed by atoms with Crippen LogP contribution in [0.15, 0.2) is 17.0 Å². The first-order chi connectivity index (χ1) is 8.65. The summed E-state index contributed by atoms with van der Waals surface area (Å²) in [5.41, 5.74) is 4.39. The van der Waals surface area contributed by atoms with Crippen molar-refractivity contribution < 1.29 is 0 Å². The van der Waals surface area contributed by atoms with Crippen molar-refractivity contribution in [3.8, 4) is 0 Å². The van der Waals surface area contributed by atoms with Crippen LogP contribution in [-0.2, 0) is 13.5 Å². The zero-order valence-electron chi connectivity index (χ0n) is 10.1. The van der Waals surface area contributed by atoms with Crippen molar-refractivity contribution in [3.63, 3.8) is 0 Å². The predicted molar refractivity (Wildman–Crippen MR) is 73.4 cm³/mol. The first-order valence-corrected chi connectivity index (χ1v) is 6.21. The van der Waals surface area contributed by atoms with Crippen LogP contribution in [-0.4, -0.2) is 19.7 Å². The lowest BCUT2D eigenvalue weighted by atomic mass is 10.3. The molecule has 8 heteroatoms. The normalized spacial score (nSPS) is 10.4. The maximum absolute atomic E-state index is 5.36. The summed E-state index contributed by atoms with van der Waals surface area (Å²) in [5.74, 6) is 6.52. The Kier molecular flexibility index (Phi) is 3.78. The molecule has 0 amide bonds. The number of hydrogen-bond acceptors (Lipinski definition) is 6. The molecule has 0 saturated heterocycles. The maximum Gasteiger partial charge on any atom is 0.159 e. The van der Waals surface area contributed by atoms with E-state index in [1.165, 1.54) is 6.33 Å². The highest BCUT2D eigenvalue weighted by molar-refractivity contribution is 9.10. The third kappa shape index (κ3) is 2.44.